The van der Waals surface area contributed by atoms with Crippen molar-refractivity contribution < 1.29 is 24.6 Å². The van der Waals surface area contributed by atoms with Crippen LogP contribution in [0.2, 0.25) is 0 Å². The van der Waals surface area contributed by atoms with Crippen molar-refractivity contribution in [2.45, 2.75) is 48.3 Å². The van der Waals surface area contributed by atoms with Crippen LogP contribution in [0.1, 0.15) is 28.7 Å². The molecule has 3 heterocycles. The Labute approximate surface area is 255 Å². The molecule has 0 spiro atoms. The fraction of sp³-hybridized carbons (Fsp3) is 0.393. The van der Waals surface area contributed by atoms with Crippen LogP contribution >= 0.6 is 15.9 Å². The number of aliphatic hydroxyl groups is 3. The van der Waals surface area contributed by atoms with Crippen LogP contribution in [0.25, 0.3) is 0 Å². The molecule has 0 aromatic carbocycles. The Morgan fingerprint density at radius 3 is 1.93 bits per heavy atom. The first-order chi connectivity index (χ1) is 19.5. The van der Waals surface area contributed by atoms with E-state index in [2.05, 4.69) is 46.6 Å². The number of alkyl halides is 1. The first kappa shape index (κ1) is 38.1. The van der Waals surface area contributed by atoms with Crippen molar-refractivity contribution in [3.63, 3.8) is 0 Å². The van der Waals surface area contributed by atoms with Crippen LogP contribution in [-0.2, 0) is 24.4 Å². The van der Waals surface area contributed by atoms with Crippen molar-refractivity contribution in [2.24, 2.45) is 30.6 Å². The van der Waals surface area contributed by atoms with Gasteiger partial charge in [-0.3, -0.25) is 0 Å². The molecule has 3 rings (SSSR count). The summed E-state index contributed by atoms with van der Waals surface area (Å²) in [7, 11) is 0. The maximum atomic E-state index is 9.05. The number of nitrogens with zero attached hydrogens (tertiary/aromatic N) is 9. The topological polar surface area (TPSA) is 158 Å². The van der Waals surface area contributed by atoms with Gasteiger partial charge in [0, 0.05) is 45.4 Å². The second-order valence-electron chi connectivity index (χ2n) is 7.85. The zero-order chi connectivity index (χ0) is 29.0. The van der Waals surface area contributed by atoms with Crippen molar-refractivity contribution in [2.75, 3.05) is 25.3 Å². The highest BCUT2D eigenvalue weighted by atomic mass is 79.9. The summed E-state index contributed by atoms with van der Waals surface area (Å²) in [6, 6.07) is 16.6. The van der Waals surface area contributed by atoms with Crippen LogP contribution in [0.15, 0.2) is 104 Å². The van der Waals surface area contributed by atoms with Gasteiger partial charge in [-0.1, -0.05) is 33.1 Å². The van der Waals surface area contributed by atoms with Crippen LogP contribution < -0.4 is 15.5 Å². The number of aliphatic hydroxyl groups excluding tert-OH is 3. The largest absolute Gasteiger partial charge is 0.468 e. The van der Waals surface area contributed by atoms with Gasteiger partial charge in [-0.15, -0.1) is 20.4 Å². The van der Waals surface area contributed by atoms with Crippen molar-refractivity contribution in [3.8, 4) is 0 Å². The van der Waals surface area contributed by atoms with Crippen molar-refractivity contribution in [1.82, 2.24) is 9.13 Å². The zero-order valence-corrected chi connectivity index (χ0v) is 24.1. The van der Waals surface area contributed by atoms with E-state index in [4.69, 9.17) is 20.1 Å². The third kappa shape index (κ3) is 14.2. The third-order valence-electron chi connectivity index (χ3n) is 4.92. The van der Waals surface area contributed by atoms with Crippen molar-refractivity contribution in [1.29, 1.82) is 0 Å². The summed E-state index contributed by atoms with van der Waals surface area (Å²) in [6.07, 6.45) is 5.48. The summed E-state index contributed by atoms with van der Waals surface area (Å²) in [5.74, 6) is 1.50. The van der Waals surface area contributed by atoms with E-state index in [0.29, 0.717) is 53.7 Å². The maximum Gasteiger partial charge on any atom is 0.350 e. The molecule has 0 aliphatic rings. The smallest absolute Gasteiger partial charge is 0.350 e. The molecule has 0 aliphatic heterocycles. The molecule has 3 aromatic rings. The van der Waals surface area contributed by atoms with E-state index in [9.17, 15) is 0 Å². The predicted molar refractivity (Wildman–Crippen MR) is 167 cm³/mol. The van der Waals surface area contributed by atoms with Crippen molar-refractivity contribution >= 4 is 33.5 Å². The lowest BCUT2D eigenvalue weighted by atomic mass is 10.4. The first-order valence-corrected chi connectivity index (χ1v) is 13.5. The molecule has 230 valence electrons. The number of amidine groups is 1. The second kappa shape index (κ2) is 22.8. The molecule has 0 bridgehead atoms. The minimum Gasteiger partial charge on any atom is -0.468 e. The lowest BCUT2D eigenvalue weighted by molar-refractivity contribution is -0.685. The number of aromatic nitrogens is 3. The Balaban J connectivity index is 0.000000822. The van der Waals surface area contributed by atoms with Gasteiger partial charge in [-0.25, -0.2) is 4.57 Å². The van der Waals surface area contributed by atoms with Crippen molar-refractivity contribution in [3.05, 3.63) is 84.2 Å². The zero-order valence-electron chi connectivity index (χ0n) is 22.5. The molecule has 0 saturated heterocycles. The molecule has 0 aliphatic carbocycles. The minimum absolute atomic E-state index is 0. The molecule has 0 fully saturated rings. The van der Waals surface area contributed by atoms with Gasteiger partial charge < -0.3 is 29.2 Å². The van der Waals surface area contributed by atoms with Gasteiger partial charge in [0.2, 0.25) is 5.90 Å². The quantitative estimate of drug-likeness (QED) is 0.0770. The summed E-state index contributed by atoms with van der Waals surface area (Å²) in [4.78, 5) is 0. The van der Waals surface area contributed by atoms with E-state index in [1.54, 1.807) is 35.1 Å². The molecule has 0 atom stereocenters. The molecular weight excluding hydrogens is 606 g/mol. The lowest BCUT2D eigenvalue weighted by Crippen LogP contribution is -2.35. The molecule has 0 saturated carbocycles. The Kier molecular flexibility index (Phi) is 20.7. The second-order valence-corrected chi connectivity index (χ2v) is 8.31. The van der Waals surface area contributed by atoms with Crippen LogP contribution in [0, 0.1) is 0 Å². The minimum atomic E-state index is 0. The van der Waals surface area contributed by atoms with E-state index in [1.165, 1.54) is 0 Å². The number of rotatable bonds is 10. The molecule has 0 unspecified atom stereocenters. The summed E-state index contributed by atoms with van der Waals surface area (Å²) < 4.78 is 10.5. The van der Waals surface area contributed by atoms with Crippen LogP contribution in [0.3, 0.4) is 0 Å². The molecule has 0 amide bonds. The number of halogens is 1. The van der Waals surface area contributed by atoms with Gasteiger partial charge in [0.15, 0.2) is 16.8 Å². The van der Waals surface area contributed by atoms with E-state index < -0.39 is 0 Å². The van der Waals surface area contributed by atoms with Crippen LogP contribution in [-0.4, -0.2) is 61.5 Å². The molecule has 14 heteroatoms. The van der Waals surface area contributed by atoms with E-state index in [1.807, 2.05) is 65.6 Å². The number of pyridine rings is 3. The number of hydrogen-bond donors (Lipinski definition) is 3. The van der Waals surface area contributed by atoms with Crippen LogP contribution in [0.4, 0.5) is 5.82 Å². The fourth-order valence-corrected chi connectivity index (χ4v) is 3.39. The third-order valence-corrected chi connectivity index (χ3v) is 5.15. The van der Waals surface area contributed by atoms with Crippen LogP contribution in [0.5, 0.6) is 0 Å². The monoisotopic (exact) mass is 648 g/mol. The van der Waals surface area contributed by atoms with E-state index in [-0.39, 0.29) is 34.7 Å². The summed E-state index contributed by atoms with van der Waals surface area (Å²) in [5.41, 5.74) is 1.69. The van der Waals surface area contributed by atoms with Gasteiger partial charge in [-0.05, 0) is 51.4 Å². The maximum absolute atomic E-state index is 9.05. The average Bonchev–Trinajstić information content (AvgIpc) is 2.97. The van der Waals surface area contributed by atoms with E-state index >= 15 is 0 Å². The van der Waals surface area contributed by atoms with Gasteiger partial charge in [0.05, 0.1) is 31.1 Å². The Hall–Kier alpha value is -3.85. The molecule has 3 N–H and O–H groups in total. The number of hydrogen-bond acceptors (Lipinski definition) is 9. The predicted octanol–water partition coefficient (Wildman–Crippen LogP) is 3.13. The van der Waals surface area contributed by atoms with Gasteiger partial charge in [0.25, 0.3) is 0 Å². The highest BCUT2D eigenvalue weighted by molar-refractivity contribution is 9.09. The summed E-state index contributed by atoms with van der Waals surface area (Å²) in [5, 5.41) is 51.3. The molecule has 42 heavy (non-hydrogen) atoms. The fourth-order valence-electron chi connectivity index (χ4n) is 3.06. The first-order valence-electron chi connectivity index (χ1n) is 12.4. The average molecular weight is 650 g/mol. The van der Waals surface area contributed by atoms with E-state index in [0.717, 1.165) is 0 Å². The highest BCUT2D eigenvalue weighted by Crippen LogP contribution is 2.04. The summed E-state index contributed by atoms with van der Waals surface area (Å²) >= 11 is 3.13. The SMILES string of the molecule is C.C.C/C(N=Nc1cccc[n+]1CCO)=N\N=c1/ccccn1CCO.CC(=N/N=c1\ccccn1CCO)OCBr. The Bertz CT molecular complexity index is 1400. The Morgan fingerprint density at radius 1 is 0.810 bits per heavy atom. The van der Waals surface area contributed by atoms with Gasteiger partial charge in [-0.2, -0.15) is 0 Å². The molecular formula is C28H43BrN9O4+. The van der Waals surface area contributed by atoms with Gasteiger partial charge >= 0.3 is 5.82 Å². The van der Waals surface area contributed by atoms with Gasteiger partial charge in [0.1, 0.15) is 12.1 Å². The normalized spacial score (nSPS) is 12.3. The molecule has 3 aromatic heterocycles. The lowest BCUT2D eigenvalue weighted by Gasteiger charge is -2.03. The number of ether oxygens (including phenoxy) is 1. The standard InChI is InChI=1S/C16H21N6O2.C10H14BrN3O2.2CH4/c1-14(17-19-15-6-2-4-8-21(15)10-12-23)18-20-16-7-3-5-9-22(16)11-13-24;1-9(16-8-11)12-13-10-4-2-3-5-14(10)6-7-15;;/h2-9,23-24H,10-13H2,1H3;2-5,15H,6-8H2,1H3;2*1H4/q+1;;;/b;12-9?,13-10+;;. The highest BCUT2D eigenvalue weighted by Gasteiger charge is 2.07. The summed E-state index contributed by atoms with van der Waals surface area (Å²) in [6.45, 7) is 4.93. The molecule has 0 radical (unpaired) electrons. The number of azo groups is 1. The Morgan fingerprint density at radius 2 is 1.38 bits per heavy atom. The molecule has 13 nitrogen and oxygen atoms in total.